The number of para-hydroxylation sites is 1. The van der Waals surface area contributed by atoms with E-state index in [0.29, 0.717) is 22.2 Å². The highest BCUT2D eigenvalue weighted by molar-refractivity contribution is 7.80. The summed E-state index contributed by atoms with van der Waals surface area (Å²) in [5, 5.41) is 3.53. The normalized spacial score (nSPS) is 18.2. The van der Waals surface area contributed by atoms with Crippen molar-refractivity contribution >= 4 is 23.0 Å². The molecule has 1 fully saturated rings. The number of nitrogens with zero attached hydrogens (tertiary/aromatic N) is 3. The standard InChI is InChI=1S/C25H18F4N4S/c26-18-9-1-2-11-20(18)33-23(22(31-24(33)34)19-10-3-4-13-30-19)21-12-6-14-32(21)17-8-5-7-16(15-17)25(27,28)29/h1-15,22-23H,(H,31,34)/t22-,23+/m0/s1. The average molecular weight is 483 g/mol. The highest BCUT2D eigenvalue weighted by atomic mass is 32.1. The van der Waals surface area contributed by atoms with Gasteiger partial charge in [-0.1, -0.05) is 24.3 Å². The summed E-state index contributed by atoms with van der Waals surface area (Å²) in [4.78, 5) is 6.11. The summed E-state index contributed by atoms with van der Waals surface area (Å²) in [7, 11) is 0. The fraction of sp³-hybridized carbons (Fsp3) is 0.120. The zero-order valence-corrected chi connectivity index (χ0v) is 18.4. The van der Waals surface area contributed by atoms with Crippen molar-refractivity contribution in [1.82, 2.24) is 14.9 Å². The second-order valence-corrected chi connectivity index (χ2v) is 8.19. The van der Waals surface area contributed by atoms with Crippen LogP contribution in [0.25, 0.3) is 5.69 Å². The Balaban J connectivity index is 1.68. The number of aromatic nitrogens is 2. The smallest absolute Gasteiger partial charge is 0.351 e. The zero-order chi connectivity index (χ0) is 23.9. The van der Waals surface area contributed by atoms with Crippen molar-refractivity contribution in [2.24, 2.45) is 0 Å². The van der Waals surface area contributed by atoms with Crippen LogP contribution in [0.4, 0.5) is 23.2 Å². The Bertz CT molecular complexity index is 1340. The van der Waals surface area contributed by atoms with Gasteiger partial charge in [0.25, 0.3) is 0 Å². The van der Waals surface area contributed by atoms with Crippen LogP contribution in [-0.4, -0.2) is 14.7 Å². The van der Waals surface area contributed by atoms with Crippen molar-refractivity contribution in [2.45, 2.75) is 18.3 Å². The summed E-state index contributed by atoms with van der Waals surface area (Å²) in [5.74, 6) is -0.463. The SMILES string of the molecule is Fc1ccccc1N1C(=S)N[C@@H](c2ccccn2)[C@H]1c1cccn1-c1cccc(C(F)(F)F)c1. The summed E-state index contributed by atoms with van der Waals surface area (Å²) < 4.78 is 56.7. The van der Waals surface area contributed by atoms with Gasteiger partial charge in [-0.05, 0) is 66.8 Å². The van der Waals surface area contributed by atoms with Crippen LogP contribution >= 0.6 is 12.2 Å². The number of anilines is 1. The molecule has 0 saturated carbocycles. The summed E-state index contributed by atoms with van der Waals surface area (Å²) in [6.45, 7) is 0. The maximum Gasteiger partial charge on any atom is 0.416 e. The van der Waals surface area contributed by atoms with Crippen LogP contribution in [0.2, 0.25) is 0 Å². The fourth-order valence-electron chi connectivity index (χ4n) is 4.26. The van der Waals surface area contributed by atoms with E-state index >= 15 is 0 Å². The van der Waals surface area contributed by atoms with Crippen LogP contribution in [0.5, 0.6) is 0 Å². The molecule has 0 aliphatic carbocycles. The van der Waals surface area contributed by atoms with E-state index in [1.807, 2.05) is 12.1 Å². The van der Waals surface area contributed by atoms with Gasteiger partial charge >= 0.3 is 6.18 Å². The lowest BCUT2D eigenvalue weighted by Gasteiger charge is -2.29. The van der Waals surface area contributed by atoms with Crippen LogP contribution in [0, 0.1) is 5.82 Å². The Morgan fingerprint density at radius 2 is 1.71 bits per heavy atom. The first-order chi connectivity index (χ1) is 16.3. The first-order valence-electron chi connectivity index (χ1n) is 10.4. The molecule has 1 aliphatic heterocycles. The summed E-state index contributed by atoms with van der Waals surface area (Å²) in [5.41, 5.74) is 1.15. The minimum absolute atomic E-state index is 0.264. The molecule has 2 aromatic heterocycles. The first-order valence-corrected chi connectivity index (χ1v) is 10.9. The molecule has 9 heteroatoms. The van der Waals surface area contributed by atoms with Gasteiger partial charge in [0.15, 0.2) is 5.11 Å². The van der Waals surface area contributed by atoms with Gasteiger partial charge < -0.3 is 14.8 Å². The molecule has 4 aromatic rings. The van der Waals surface area contributed by atoms with Gasteiger partial charge in [0.1, 0.15) is 11.9 Å². The highest BCUT2D eigenvalue weighted by Gasteiger charge is 2.43. The fourth-order valence-corrected chi connectivity index (χ4v) is 4.60. The Morgan fingerprint density at radius 3 is 2.44 bits per heavy atom. The quantitative estimate of drug-likeness (QED) is 0.277. The maximum absolute atomic E-state index is 14.9. The van der Waals surface area contributed by atoms with E-state index in [4.69, 9.17) is 12.2 Å². The van der Waals surface area contributed by atoms with E-state index in [2.05, 4.69) is 10.3 Å². The summed E-state index contributed by atoms with van der Waals surface area (Å²) in [6, 6.07) is 19.3. The van der Waals surface area contributed by atoms with E-state index in [9.17, 15) is 17.6 Å². The Kier molecular flexibility index (Phi) is 5.57. The molecule has 2 atom stereocenters. The third kappa shape index (κ3) is 3.92. The molecular weight excluding hydrogens is 464 g/mol. The van der Waals surface area contributed by atoms with Crippen LogP contribution in [0.1, 0.15) is 29.0 Å². The number of hydrogen-bond acceptors (Lipinski definition) is 2. The highest BCUT2D eigenvalue weighted by Crippen LogP contribution is 2.43. The molecule has 5 rings (SSSR count). The zero-order valence-electron chi connectivity index (χ0n) is 17.6. The lowest BCUT2D eigenvalue weighted by atomic mass is 10.0. The Labute approximate surface area is 198 Å². The van der Waals surface area contributed by atoms with Crippen LogP contribution in [0.3, 0.4) is 0 Å². The number of benzene rings is 2. The molecule has 0 unspecified atom stereocenters. The van der Waals surface area contributed by atoms with Gasteiger partial charge in [-0.2, -0.15) is 13.2 Å². The first kappa shape index (κ1) is 22.1. The van der Waals surface area contributed by atoms with Crippen LogP contribution in [-0.2, 0) is 6.18 Å². The van der Waals surface area contributed by atoms with E-state index < -0.39 is 29.6 Å². The van der Waals surface area contributed by atoms with Gasteiger partial charge in [-0.25, -0.2) is 4.39 Å². The van der Waals surface area contributed by atoms with Gasteiger partial charge in [0.05, 0.1) is 23.0 Å². The molecule has 3 heterocycles. The van der Waals surface area contributed by atoms with E-state index in [1.165, 1.54) is 12.1 Å². The minimum atomic E-state index is -4.48. The van der Waals surface area contributed by atoms with Crippen LogP contribution in [0.15, 0.2) is 91.3 Å². The molecular formula is C25H18F4N4S. The molecule has 1 N–H and O–H groups in total. The van der Waals surface area contributed by atoms with Crippen LogP contribution < -0.4 is 10.2 Å². The van der Waals surface area contributed by atoms with Gasteiger partial charge in [-0.3, -0.25) is 4.98 Å². The predicted molar refractivity (Wildman–Crippen MR) is 125 cm³/mol. The molecule has 1 aliphatic rings. The average Bonchev–Trinajstić information content (AvgIpc) is 3.44. The molecule has 2 aromatic carbocycles. The monoisotopic (exact) mass is 482 g/mol. The minimum Gasteiger partial charge on any atom is -0.351 e. The molecule has 0 amide bonds. The molecule has 4 nitrogen and oxygen atoms in total. The summed E-state index contributed by atoms with van der Waals surface area (Å²) in [6.07, 6.45) is -1.15. The van der Waals surface area contributed by atoms with Gasteiger partial charge in [0.2, 0.25) is 0 Å². The Morgan fingerprint density at radius 1 is 0.912 bits per heavy atom. The number of rotatable bonds is 4. The van der Waals surface area contributed by atoms with Crippen molar-refractivity contribution in [3.05, 3.63) is 114 Å². The summed E-state index contributed by atoms with van der Waals surface area (Å²) >= 11 is 5.60. The molecule has 1 saturated heterocycles. The molecule has 172 valence electrons. The topological polar surface area (TPSA) is 33.1 Å². The van der Waals surface area contributed by atoms with E-state index in [1.54, 1.807) is 64.3 Å². The molecule has 0 bridgehead atoms. The largest absolute Gasteiger partial charge is 0.416 e. The van der Waals surface area contributed by atoms with Crippen molar-refractivity contribution < 1.29 is 17.6 Å². The number of nitrogens with one attached hydrogen (secondary N) is 1. The van der Waals surface area contributed by atoms with Crippen molar-refractivity contribution in [3.63, 3.8) is 0 Å². The number of halogens is 4. The number of hydrogen-bond donors (Lipinski definition) is 1. The van der Waals surface area contributed by atoms with Gasteiger partial charge in [0, 0.05) is 23.8 Å². The molecule has 0 radical (unpaired) electrons. The predicted octanol–water partition coefficient (Wildman–Crippen LogP) is 6.21. The molecule has 34 heavy (non-hydrogen) atoms. The van der Waals surface area contributed by atoms with Crippen molar-refractivity contribution in [1.29, 1.82) is 0 Å². The van der Waals surface area contributed by atoms with Gasteiger partial charge in [-0.15, -0.1) is 0 Å². The maximum atomic E-state index is 14.9. The van der Waals surface area contributed by atoms with E-state index in [-0.39, 0.29) is 5.69 Å². The lowest BCUT2D eigenvalue weighted by Crippen LogP contribution is -2.31. The molecule has 0 spiro atoms. The van der Waals surface area contributed by atoms with E-state index in [0.717, 1.165) is 12.1 Å². The third-order valence-electron chi connectivity index (χ3n) is 5.75. The number of alkyl halides is 3. The second-order valence-electron chi connectivity index (χ2n) is 7.80. The van der Waals surface area contributed by atoms with Crippen molar-refractivity contribution in [3.8, 4) is 5.69 Å². The number of pyridine rings is 1. The number of thiocarbonyl (C=S) groups is 1. The van der Waals surface area contributed by atoms with Crippen molar-refractivity contribution in [2.75, 3.05) is 4.90 Å². The second kappa shape index (κ2) is 8.57. The lowest BCUT2D eigenvalue weighted by molar-refractivity contribution is -0.137. The Hall–Kier alpha value is -3.72. The third-order valence-corrected chi connectivity index (χ3v) is 6.06.